The van der Waals surface area contributed by atoms with Crippen LogP contribution in [0.1, 0.15) is 19.4 Å². The topological polar surface area (TPSA) is 40.5 Å². The quantitative estimate of drug-likeness (QED) is 0.878. The van der Waals surface area contributed by atoms with Gasteiger partial charge in [0.05, 0.1) is 13.2 Å². The van der Waals surface area contributed by atoms with Crippen LogP contribution in [0.15, 0.2) is 22.7 Å². The molecule has 0 atom stereocenters. The number of aliphatic hydroxyl groups is 2. The van der Waals surface area contributed by atoms with Crippen molar-refractivity contribution in [3.63, 3.8) is 0 Å². The molecule has 0 aliphatic rings. The molecule has 0 aromatic heterocycles. The zero-order chi connectivity index (χ0) is 13.1. The standard InChI is InChI=1S/C13H18BrFO2/c1-9(2)13(7-16,8-17)6-10-3-4-11(15)5-12(10)14/h3-5,9,16-17H,6-8H2,1-2H3. The van der Waals surface area contributed by atoms with Gasteiger partial charge in [0.25, 0.3) is 0 Å². The van der Waals surface area contributed by atoms with Gasteiger partial charge in [0.1, 0.15) is 5.82 Å². The number of halogens is 2. The minimum atomic E-state index is -0.569. The number of aliphatic hydroxyl groups excluding tert-OH is 2. The maximum atomic E-state index is 13.0. The molecule has 96 valence electrons. The van der Waals surface area contributed by atoms with E-state index in [-0.39, 0.29) is 24.9 Å². The van der Waals surface area contributed by atoms with Crippen molar-refractivity contribution in [1.29, 1.82) is 0 Å². The molecule has 0 bridgehead atoms. The van der Waals surface area contributed by atoms with Crippen molar-refractivity contribution in [1.82, 2.24) is 0 Å². The minimum absolute atomic E-state index is 0.0923. The summed E-state index contributed by atoms with van der Waals surface area (Å²) in [5, 5.41) is 19.0. The fraction of sp³-hybridized carbons (Fsp3) is 0.538. The highest BCUT2D eigenvalue weighted by molar-refractivity contribution is 9.10. The lowest BCUT2D eigenvalue weighted by Crippen LogP contribution is -2.37. The molecule has 17 heavy (non-hydrogen) atoms. The number of rotatable bonds is 5. The van der Waals surface area contributed by atoms with Gasteiger partial charge in [-0.3, -0.25) is 0 Å². The predicted octanol–water partition coefficient (Wildman–Crippen LogP) is 2.76. The second kappa shape index (κ2) is 5.94. The molecule has 0 saturated heterocycles. The van der Waals surface area contributed by atoms with Crippen LogP contribution in [0.2, 0.25) is 0 Å². The van der Waals surface area contributed by atoms with Gasteiger partial charge in [0, 0.05) is 9.89 Å². The average molecular weight is 305 g/mol. The van der Waals surface area contributed by atoms with Crippen molar-refractivity contribution in [3.8, 4) is 0 Å². The fourth-order valence-electron chi connectivity index (χ4n) is 1.78. The third-order valence-electron chi connectivity index (χ3n) is 3.41. The fourth-order valence-corrected chi connectivity index (χ4v) is 2.27. The van der Waals surface area contributed by atoms with E-state index in [0.29, 0.717) is 10.9 Å². The summed E-state index contributed by atoms with van der Waals surface area (Å²) in [6.07, 6.45) is 0.512. The molecule has 0 heterocycles. The van der Waals surface area contributed by atoms with E-state index in [1.807, 2.05) is 13.8 Å². The lowest BCUT2D eigenvalue weighted by Gasteiger charge is -2.34. The van der Waals surface area contributed by atoms with Crippen LogP contribution < -0.4 is 0 Å². The van der Waals surface area contributed by atoms with Crippen LogP contribution in [0.3, 0.4) is 0 Å². The summed E-state index contributed by atoms with van der Waals surface area (Å²) in [4.78, 5) is 0. The maximum absolute atomic E-state index is 13.0. The first kappa shape index (κ1) is 14.6. The average Bonchev–Trinajstić information content (AvgIpc) is 2.28. The Morgan fingerprint density at radius 3 is 2.29 bits per heavy atom. The molecule has 0 radical (unpaired) electrons. The monoisotopic (exact) mass is 304 g/mol. The first-order valence-electron chi connectivity index (χ1n) is 5.61. The Bertz CT molecular complexity index is 376. The Balaban J connectivity index is 3.01. The van der Waals surface area contributed by atoms with Gasteiger partial charge in [-0.1, -0.05) is 35.8 Å². The number of benzene rings is 1. The maximum Gasteiger partial charge on any atom is 0.124 e. The number of hydrogen-bond donors (Lipinski definition) is 2. The summed E-state index contributed by atoms with van der Waals surface area (Å²) >= 11 is 3.30. The molecule has 0 spiro atoms. The van der Waals surface area contributed by atoms with Crippen molar-refractivity contribution in [3.05, 3.63) is 34.1 Å². The molecular formula is C13H18BrFO2. The third kappa shape index (κ3) is 3.27. The number of hydrogen-bond acceptors (Lipinski definition) is 2. The van der Waals surface area contributed by atoms with Crippen LogP contribution in [0.5, 0.6) is 0 Å². The van der Waals surface area contributed by atoms with Crippen LogP contribution in [-0.4, -0.2) is 23.4 Å². The Morgan fingerprint density at radius 2 is 1.88 bits per heavy atom. The van der Waals surface area contributed by atoms with E-state index >= 15 is 0 Å². The molecule has 4 heteroatoms. The van der Waals surface area contributed by atoms with E-state index in [1.54, 1.807) is 6.07 Å². The Hall–Kier alpha value is -0.450. The van der Waals surface area contributed by atoms with Crippen molar-refractivity contribution in [2.75, 3.05) is 13.2 Å². The Labute approximate surface area is 110 Å². The predicted molar refractivity (Wildman–Crippen MR) is 69.2 cm³/mol. The minimum Gasteiger partial charge on any atom is -0.396 e. The molecule has 0 amide bonds. The zero-order valence-electron chi connectivity index (χ0n) is 10.1. The first-order valence-corrected chi connectivity index (χ1v) is 6.40. The van der Waals surface area contributed by atoms with Gasteiger partial charge < -0.3 is 10.2 Å². The molecule has 0 aliphatic heterocycles. The summed E-state index contributed by atoms with van der Waals surface area (Å²) in [7, 11) is 0. The second-order valence-electron chi connectivity index (χ2n) is 4.75. The van der Waals surface area contributed by atoms with Gasteiger partial charge in [-0.15, -0.1) is 0 Å². The molecule has 0 fully saturated rings. The van der Waals surface area contributed by atoms with Crippen molar-refractivity contribution >= 4 is 15.9 Å². The Morgan fingerprint density at radius 1 is 1.29 bits per heavy atom. The van der Waals surface area contributed by atoms with Crippen molar-refractivity contribution < 1.29 is 14.6 Å². The molecule has 0 unspecified atom stereocenters. The van der Waals surface area contributed by atoms with E-state index in [4.69, 9.17) is 0 Å². The molecule has 1 aromatic rings. The lowest BCUT2D eigenvalue weighted by molar-refractivity contribution is 0.0162. The van der Waals surface area contributed by atoms with Gasteiger partial charge >= 0.3 is 0 Å². The van der Waals surface area contributed by atoms with Gasteiger partial charge in [0.2, 0.25) is 0 Å². The molecular weight excluding hydrogens is 287 g/mol. The van der Waals surface area contributed by atoms with Crippen LogP contribution >= 0.6 is 15.9 Å². The highest BCUT2D eigenvalue weighted by atomic mass is 79.9. The summed E-state index contributed by atoms with van der Waals surface area (Å²) in [5.41, 5.74) is 0.323. The third-order valence-corrected chi connectivity index (χ3v) is 4.15. The first-order chi connectivity index (χ1) is 7.95. The summed E-state index contributed by atoms with van der Waals surface area (Å²) < 4.78 is 13.6. The highest BCUT2D eigenvalue weighted by Crippen LogP contribution is 2.33. The molecule has 1 rings (SSSR count). The van der Waals surface area contributed by atoms with E-state index in [1.165, 1.54) is 12.1 Å². The Kier molecular flexibility index (Phi) is 5.10. The van der Waals surface area contributed by atoms with Gasteiger partial charge in [-0.2, -0.15) is 0 Å². The molecule has 1 aromatic carbocycles. The highest BCUT2D eigenvalue weighted by Gasteiger charge is 2.33. The summed E-state index contributed by atoms with van der Waals surface area (Å²) in [6.45, 7) is 3.74. The zero-order valence-corrected chi connectivity index (χ0v) is 11.7. The molecule has 0 saturated carbocycles. The van der Waals surface area contributed by atoms with Gasteiger partial charge in [0.15, 0.2) is 0 Å². The summed E-state index contributed by atoms with van der Waals surface area (Å²) in [6, 6.07) is 4.47. The SMILES string of the molecule is CC(C)C(CO)(CO)Cc1ccc(F)cc1Br. The smallest absolute Gasteiger partial charge is 0.124 e. The van der Waals surface area contributed by atoms with E-state index in [9.17, 15) is 14.6 Å². The normalized spacial score (nSPS) is 12.2. The second-order valence-corrected chi connectivity index (χ2v) is 5.60. The molecule has 2 N–H and O–H groups in total. The van der Waals surface area contributed by atoms with Crippen LogP contribution in [0.25, 0.3) is 0 Å². The molecule has 0 aliphatic carbocycles. The van der Waals surface area contributed by atoms with E-state index in [2.05, 4.69) is 15.9 Å². The van der Waals surface area contributed by atoms with Gasteiger partial charge in [-0.25, -0.2) is 4.39 Å². The van der Waals surface area contributed by atoms with Crippen molar-refractivity contribution in [2.24, 2.45) is 11.3 Å². The summed E-state index contributed by atoms with van der Waals surface area (Å²) in [5.74, 6) is -0.168. The van der Waals surface area contributed by atoms with Crippen LogP contribution in [0.4, 0.5) is 4.39 Å². The largest absolute Gasteiger partial charge is 0.396 e. The van der Waals surface area contributed by atoms with Crippen LogP contribution in [0, 0.1) is 17.2 Å². The lowest BCUT2D eigenvalue weighted by atomic mass is 9.74. The molecule has 2 nitrogen and oxygen atoms in total. The van der Waals surface area contributed by atoms with Crippen LogP contribution in [-0.2, 0) is 6.42 Å². The van der Waals surface area contributed by atoms with E-state index < -0.39 is 5.41 Å². The van der Waals surface area contributed by atoms with E-state index in [0.717, 1.165) is 5.56 Å². The van der Waals surface area contributed by atoms with Crippen molar-refractivity contribution in [2.45, 2.75) is 20.3 Å². The van der Waals surface area contributed by atoms with Gasteiger partial charge in [-0.05, 0) is 30.0 Å².